The molecule has 9 heteroatoms. The summed E-state index contributed by atoms with van der Waals surface area (Å²) < 4.78 is 49.7. The normalized spacial score (nSPS) is 14.0. The van der Waals surface area contributed by atoms with Crippen molar-refractivity contribution in [3.8, 4) is 22.9 Å². The highest BCUT2D eigenvalue weighted by Gasteiger charge is 2.31. The maximum absolute atomic E-state index is 12.7. The van der Waals surface area contributed by atoms with Crippen molar-refractivity contribution < 1.29 is 22.6 Å². The fourth-order valence-corrected chi connectivity index (χ4v) is 3.64. The van der Waals surface area contributed by atoms with Crippen LogP contribution < -0.4 is 15.0 Å². The number of rotatable bonds is 5. The SMILES string of the molecule is Cc1c(C2CC2)nc2ccc(-n3ccc(Oc4ccc(OC(F)(F)F)cc4)cc3=O)cn12. The second-order valence-corrected chi connectivity index (χ2v) is 7.66. The van der Waals surface area contributed by atoms with Crippen LogP contribution in [0.4, 0.5) is 13.2 Å². The molecule has 4 aromatic rings. The number of fused-ring (bicyclic) bond motifs is 1. The van der Waals surface area contributed by atoms with E-state index in [0.717, 1.165) is 42.0 Å². The number of aryl methyl sites for hydroxylation is 1. The first kappa shape index (κ1) is 20.2. The minimum absolute atomic E-state index is 0.270. The van der Waals surface area contributed by atoms with Crippen LogP contribution in [0, 0.1) is 6.92 Å². The van der Waals surface area contributed by atoms with Crippen LogP contribution in [0.5, 0.6) is 17.2 Å². The molecule has 32 heavy (non-hydrogen) atoms. The highest BCUT2D eigenvalue weighted by Crippen LogP contribution is 2.41. The molecule has 0 atom stereocenters. The molecule has 0 aliphatic heterocycles. The van der Waals surface area contributed by atoms with Crippen molar-refractivity contribution in [3.05, 3.63) is 82.7 Å². The minimum Gasteiger partial charge on any atom is -0.457 e. The van der Waals surface area contributed by atoms with Gasteiger partial charge in [0.15, 0.2) is 0 Å². The van der Waals surface area contributed by atoms with Gasteiger partial charge in [0.25, 0.3) is 5.56 Å². The molecule has 1 fully saturated rings. The molecule has 0 bridgehead atoms. The molecule has 1 saturated carbocycles. The lowest BCUT2D eigenvalue weighted by atomic mass is 10.2. The van der Waals surface area contributed by atoms with Gasteiger partial charge in [-0.25, -0.2) is 4.98 Å². The smallest absolute Gasteiger partial charge is 0.457 e. The molecule has 3 aromatic heterocycles. The van der Waals surface area contributed by atoms with E-state index in [-0.39, 0.29) is 22.8 Å². The molecule has 5 rings (SSSR count). The summed E-state index contributed by atoms with van der Waals surface area (Å²) in [5, 5.41) is 0. The van der Waals surface area contributed by atoms with Crippen LogP contribution in [0.2, 0.25) is 0 Å². The lowest BCUT2D eigenvalue weighted by Gasteiger charge is -2.11. The van der Waals surface area contributed by atoms with Gasteiger partial charge in [-0.2, -0.15) is 0 Å². The molecule has 0 N–H and O–H groups in total. The molecule has 0 unspecified atom stereocenters. The van der Waals surface area contributed by atoms with Crippen LogP contribution in [0.25, 0.3) is 11.3 Å². The second kappa shape index (κ2) is 7.44. The molecule has 1 aliphatic carbocycles. The summed E-state index contributed by atoms with van der Waals surface area (Å²) in [6.45, 7) is 2.03. The van der Waals surface area contributed by atoms with Gasteiger partial charge in [-0.1, -0.05) is 0 Å². The summed E-state index contributed by atoms with van der Waals surface area (Å²) in [5.74, 6) is 0.730. The molecule has 164 valence electrons. The molecule has 0 radical (unpaired) electrons. The average Bonchev–Trinajstić information content (AvgIpc) is 3.53. The van der Waals surface area contributed by atoms with E-state index in [4.69, 9.17) is 9.72 Å². The first-order chi connectivity index (χ1) is 15.3. The topological polar surface area (TPSA) is 57.8 Å². The number of ether oxygens (including phenoxy) is 2. The van der Waals surface area contributed by atoms with Crippen LogP contribution in [-0.2, 0) is 0 Å². The van der Waals surface area contributed by atoms with E-state index in [0.29, 0.717) is 11.6 Å². The number of nitrogens with zero attached hydrogens (tertiary/aromatic N) is 3. The zero-order chi connectivity index (χ0) is 22.5. The molecule has 1 aromatic carbocycles. The molecule has 6 nitrogen and oxygen atoms in total. The van der Waals surface area contributed by atoms with Crippen LogP contribution in [0.3, 0.4) is 0 Å². The Morgan fingerprint density at radius 3 is 2.38 bits per heavy atom. The van der Waals surface area contributed by atoms with E-state index in [1.165, 1.54) is 22.8 Å². The zero-order valence-corrected chi connectivity index (χ0v) is 17.0. The molecule has 0 spiro atoms. The predicted molar refractivity (Wildman–Crippen MR) is 111 cm³/mol. The van der Waals surface area contributed by atoms with Crippen LogP contribution in [-0.4, -0.2) is 20.3 Å². The van der Waals surface area contributed by atoms with Crippen LogP contribution >= 0.6 is 0 Å². The second-order valence-electron chi connectivity index (χ2n) is 7.66. The van der Waals surface area contributed by atoms with Crippen LogP contribution in [0.15, 0.2) is 65.7 Å². The fourth-order valence-electron chi connectivity index (χ4n) is 3.64. The summed E-state index contributed by atoms with van der Waals surface area (Å²) in [4.78, 5) is 17.4. The maximum Gasteiger partial charge on any atom is 0.573 e. The zero-order valence-electron chi connectivity index (χ0n) is 17.0. The largest absolute Gasteiger partial charge is 0.573 e. The van der Waals surface area contributed by atoms with Gasteiger partial charge in [-0.15, -0.1) is 13.2 Å². The molecule has 0 saturated heterocycles. The van der Waals surface area contributed by atoms with Crippen LogP contribution in [0.1, 0.15) is 30.1 Å². The summed E-state index contributed by atoms with van der Waals surface area (Å²) in [6.07, 6.45) is 1.04. The Labute approximate surface area is 180 Å². The van der Waals surface area contributed by atoms with E-state index < -0.39 is 6.36 Å². The summed E-state index contributed by atoms with van der Waals surface area (Å²) in [6, 6.07) is 11.6. The first-order valence-corrected chi connectivity index (χ1v) is 10.0. The average molecular weight is 441 g/mol. The van der Waals surface area contributed by atoms with Crippen molar-refractivity contribution in [2.24, 2.45) is 0 Å². The van der Waals surface area contributed by atoms with Gasteiger partial charge in [0.1, 0.15) is 22.9 Å². The fraction of sp³-hybridized carbons (Fsp3) is 0.217. The molecule has 3 heterocycles. The minimum atomic E-state index is -4.76. The monoisotopic (exact) mass is 441 g/mol. The summed E-state index contributed by atoms with van der Waals surface area (Å²) in [5.41, 5.74) is 3.42. The van der Waals surface area contributed by atoms with E-state index in [1.54, 1.807) is 12.3 Å². The number of benzene rings is 1. The first-order valence-electron chi connectivity index (χ1n) is 10.0. The Kier molecular flexibility index (Phi) is 4.69. The molecule has 1 aliphatic rings. The highest BCUT2D eigenvalue weighted by molar-refractivity contribution is 5.49. The molecule has 0 amide bonds. The van der Waals surface area contributed by atoms with Gasteiger partial charge >= 0.3 is 6.36 Å². The van der Waals surface area contributed by atoms with Crippen molar-refractivity contribution in [3.63, 3.8) is 0 Å². The Morgan fingerprint density at radius 2 is 1.72 bits per heavy atom. The molecular formula is C23H18F3N3O3. The van der Waals surface area contributed by atoms with Crippen molar-refractivity contribution >= 4 is 5.65 Å². The van der Waals surface area contributed by atoms with E-state index in [1.807, 2.05) is 29.7 Å². The maximum atomic E-state index is 12.7. The standard InChI is InChI=1S/C23H18F3N3O3/c1-14-22(15-2-3-15)27-20-9-4-16(13-29(14)20)28-11-10-19(12-21(28)30)31-17-5-7-18(8-6-17)32-23(24,25)26/h4-13,15H,2-3H2,1H3. The Balaban J connectivity index is 1.37. The van der Waals surface area contributed by atoms with Crippen molar-refractivity contribution in [1.29, 1.82) is 0 Å². The highest BCUT2D eigenvalue weighted by atomic mass is 19.4. The Morgan fingerprint density at radius 1 is 1.00 bits per heavy atom. The molecular weight excluding hydrogens is 423 g/mol. The van der Waals surface area contributed by atoms with E-state index >= 15 is 0 Å². The van der Waals surface area contributed by atoms with Gasteiger partial charge in [0, 0.05) is 30.1 Å². The number of alkyl halides is 3. The number of halogens is 3. The third kappa shape index (κ3) is 4.05. The van der Waals surface area contributed by atoms with Gasteiger partial charge < -0.3 is 13.9 Å². The van der Waals surface area contributed by atoms with E-state index in [2.05, 4.69) is 4.74 Å². The third-order valence-electron chi connectivity index (χ3n) is 5.30. The van der Waals surface area contributed by atoms with E-state index in [9.17, 15) is 18.0 Å². The number of hydrogen-bond acceptors (Lipinski definition) is 4. The van der Waals surface area contributed by atoms with Crippen molar-refractivity contribution in [2.45, 2.75) is 32.0 Å². The van der Waals surface area contributed by atoms with Gasteiger partial charge in [-0.3, -0.25) is 9.36 Å². The van der Waals surface area contributed by atoms with Crippen molar-refractivity contribution in [1.82, 2.24) is 14.0 Å². The van der Waals surface area contributed by atoms with Gasteiger partial charge in [-0.05, 0) is 62.2 Å². The van der Waals surface area contributed by atoms with Gasteiger partial charge in [0.05, 0.1) is 11.4 Å². The lowest BCUT2D eigenvalue weighted by Crippen LogP contribution is -2.17. The number of hydrogen-bond donors (Lipinski definition) is 0. The number of aromatic nitrogens is 3. The van der Waals surface area contributed by atoms with Crippen molar-refractivity contribution in [2.75, 3.05) is 0 Å². The number of pyridine rings is 2. The Bertz CT molecular complexity index is 1350. The quantitative estimate of drug-likeness (QED) is 0.418. The predicted octanol–water partition coefficient (Wildman–Crippen LogP) is 5.36. The lowest BCUT2D eigenvalue weighted by molar-refractivity contribution is -0.274. The number of imidazole rings is 1. The summed E-state index contributed by atoms with van der Waals surface area (Å²) >= 11 is 0. The Hall–Kier alpha value is -3.75. The third-order valence-corrected chi connectivity index (χ3v) is 5.30. The summed E-state index contributed by atoms with van der Waals surface area (Å²) in [7, 11) is 0. The van der Waals surface area contributed by atoms with Gasteiger partial charge in [0.2, 0.25) is 0 Å².